The van der Waals surface area contributed by atoms with E-state index in [0.29, 0.717) is 19.7 Å². The molecule has 1 aromatic heterocycles. The summed E-state index contributed by atoms with van der Waals surface area (Å²) in [5, 5.41) is 3.28. The maximum absolute atomic E-state index is 5.63. The third kappa shape index (κ3) is 5.54. The number of nitrogens with zero attached hydrogens (tertiary/aromatic N) is 3. The van der Waals surface area contributed by atoms with E-state index in [0.717, 1.165) is 28.8 Å². The number of hydrogen-bond donors (Lipinski definition) is 1. The van der Waals surface area contributed by atoms with Gasteiger partial charge in [0.1, 0.15) is 23.9 Å². The zero-order valence-corrected chi connectivity index (χ0v) is 15.7. The topological polar surface area (TPSA) is 68.2 Å². The molecule has 0 fully saturated rings. The molecule has 140 valence electrons. The molecule has 0 aliphatic carbocycles. The lowest BCUT2D eigenvalue weighted by Gasteiger charge is -2.23. The first-order chi connectivity index (χ1) is 12.7. The second kappa shape index (κ2) is 10.1. The number of ether oxygens (including phenoxy) is 3. The highest BCUT2D eigenvalue weighted by molar-refractivity contribution is 5.79. The van der Waals surface area contributed by atoms with Crippen LogP contribution >= 0.6 is 0 Å². The Morgan fingerprint density at radius 2 is 2.04 bits per heavy atom. The Morgan fingerprint density at radius 3 is 2.69 bits per heavy atom. The quantitative estimate of drug-likeness (QED) is 0.443. The minimum absolute atomic E-state index is 0.518. The first-order valence-electron chi connectivity index (χ1n) is 8.33. The molecule has 26 heavy (non-hydrogen) atoms. The number of benzene rings is 1. The number of rotatable bonds is 8. The van der Waals surface area contributed by atoms with Gasteiger partial charge in [-0.1, -0.05) is 0 Å². The summed E-state index contributed by atoms with van der Waals surface area (Å²) in [7, 11) is 7.02. The average molecular weight is 358 g/mol. The van der Waals surface area contributed by atoms with Crippen molar-refractivity contribution in [3.63, 3.8) is 0 Å². The molecule has 0 spiro atoms. The molecule has 0 radical (unpaired) electrons. The summed E-state index contributed by atoms with van der Waals surface area (Å²) in [6.07, 6.45) is 3.41. The van der Waals surface area contributed by atoms with E-state index in [1.54, 1.807) is 33.7 Å². The van der Waals surface area contributed by atoms with Gasteiger partial charge < -0.3 is 24.4 Å². The van der Waals surface area contributed by atoms with Crippen molar-refractivity contribution in [2.75, 3.05) is 41.5 Å². The van der Waals surface area contributed by atoms with Crippen LogP contribution in [0.3, 0.4) is 0 Å². The van der Waals surface area contributed by atoms with E-state index in [-0.39, 0.29) is 0 Å². The maximum atomic E-state index is 5.63. The Kier molecular flexibility index (Phi) is 7.54. The van der Waals surface area contributed by atoms with Gasteiger partial charge in [-0.3, -0.25) is 9.98 Å². The van der Waals surface area contributed by atoms with Gasteiger partial charge in [0, 0.05) is 38.5 Å². The van der Waals surface area contributed by atoms with Crippen molar-refractivity contribution >= 4 is 5.96 Å². The van der Waals surface area contributed by atoms with Crippen molar-refractivity contribution in [3.8, 4) is 17.2 Å². The van der Waals surface area contributed by atoms with E-state index >= 15 is 0 Å². The number of aliphatic imine (C=N–C) groups is 1. The van der Waals surface area contributed by atoms with Crippen molar-refractivity contribution in [1.29, 1.82) is 0 Å². The van der Waals surface area contributed by atoms with Crippen LogP contribution < -0.4 is 19.5 Å². The van der Waals surface area contributed by atoms with E-state index in [2.05, 4.69) is 15.3 Å². The average Bonchev–Trinajstić information content (AvgIpc) is 2.69. The lowest BCUT2D eigenvalue weighted by atomic mass is 10.2. The van der Waals surface area contributed by atoms with Crippen LogP contribution in [0.15, 0.2) is 47.7 Å². The Bertz CT molecular complexity index is 707. The maximum Gasteiger partial charge on any atom is 0.193 e. The lowest BCUT2D eigenvalue weighted by molar-refractivity contribution is 0.317. The first kappa shape index (κ1) is 19.4. The standard InChI is InChI=1S/C19H26N4O3/c1-20-19(22-10-11-26-17-6-5-9-21-13-17)23(2)14-15-7-8-16(24-3)12-18(15)25-4/h5-9,12-13H,10-11,14H2,1-4H3,(H,20,22). The fourth-order valence-corrected chi connectivity index (χ4v) is 2.46. The zero-order chi connectivity index (χ0) is 18.8. The Hall–Kier alpha value is -2.96. The van der Waals surface area contributed by atoms with Gasteiger partial charge in [-0.25, -0.2) is 0 Å². The smallest absolute Gasteiger partial charge is 0.193 e. The van der Waals surface area contributed by atoms with Gasteiger partial charge >= 0.3 is 0 Å². The van der Waals surface area contributed by atoms with Gasteiger partial charge in [-0.2, -0.15) is 0 Å². The summed E-state index contributed by atoms with van der Waals surface area (Å²) in [6, 6.07) is 9.51. The number of pyridine rings is 1. The molecule has 7 heteroatoms. The predicted octanol–water partition coefficient (Wildman–Crippen LogP) is 2.18. The van der Waals surface area contributed by atoms with Crippen molar-refractivity contribution in [3.05, 3.63) is 48.3 Å². The normalized spacial score (nSPS) is 11.0. The molecule has 1 aromatic carbocycles. The van der Waals surface area contributed by atoms with Crippen LogP contribution in [-0.2, 0) is 6.54 Å². The molecule has 2 aromatic rings. The van der Waals surface area contributed by atoms with Crippen LogP contribution in [0.25, 0.3) is 0 Å². The van der Waals surface area contributed by atoms with Crippen LogP contribution in [0, 0.1) is 0 Å². The highest BCUT2D eigenvalue weighted by atomic mass is 16.5. The van der Waals surface area contributed by atoms with Gasteiger partial charge in [-0.15, -0.1) is 0 Å². The summed E-state index contributed by atoms with van der Waals surface area (Å²) < 4.78 is 16.3. The van der Waals surface area contributed by atoms with Crippen LogP contribution in [0.4, 0.5) is 0 Å². The molecule has 7 nitrogen and oxygen atoms in total. The summed E-state index contributed by atoms with van der Waals surface area (Å²) in [6.45, 7) is 1.80. The molecule has 0 amide bonds. The Morgan fingerprint density at radius 1 is 1.19 bits per heavy atom. The Balaban J connectivity index is 1.87. The number of hydrogen-bond acceptors (Lipinski definition) is 5. The molecule has 1 N–H and O–H groups in total. The SMILES string of the molecule is CN=C(NCCOc1cccnc1)N(C)Cc1ccc(OC)cc1OC. The van der Waals surface area contributed by atoms with E-state index in [4.69, 9.17) is 14.2 Å². The van der Waals surface area contributed by atoms with E-state index < -0.39 is 0 Å². The first-order valence-corrected chi connectivity index (χ1v) is 8.33. The fourth-order valence-electron chi connectivity index (χ4n) is 2.46. The van der Waals surface area contributed by atoms with Crippen LogP contribution in [-0.4, -0.2) is 57.3 Å². The zero-order valence-electron chi connectivity index (χ0n) is 15.7. The molecule has 0 unspecified atom stereocenters. The minimum Gasteiger partial charge on any atom is -0.497 e. The molecule has 1 heterocycles. The summed E-state index contributed by atoms with van der Waals surface area (Å²) in [5.41, 5.74) is 1.05. The van der Waals surface area contributed by atoms with Gasteiger partial charge in [0.15, 0.2) is 5.96 Å². The molecule has 0 saturated heterocycles. The molecule has 0 aliphatic heterocycles. The number of guanidine groups is 1. The summed E-state index contributed by atoms with van der Waals surface area (Å²) in [5.74, 6) is 3.08. The van der Waals surface area contributed by atoms with Gasteiger partial charge in [0.05, 0.1) is 27.0 Å². The van der Waals surface area contributed by atoms with Gasteiger partial charge in [0.2, 0.25) is 0 Å². The molecule has 0 saturated carbocycles. The van der Waals surface area contributed by atoms with Gasteiger partial charge in [-0.05, 0) is 24.3 Å². The summed E-state index contributed by atoms with van der Waals surface area (Å²) >= 11 is 0. The van der Waals surface area contributed by atoms with Crippen molar-refractivity contribution in [1.82, 2.24) is 15.2 Å². The molecule has 0 bridgehead atoms. The summed E-state index contributed by atoms with van der Waals surface area (Å²) in [4.78, 5) is 10.4. The van der Waals surface area contributed by atoms with Crippen LogP contribution in [0.2, 0.25) is 0 Å². The highest BCUT2D eigenvalue weighted by Crippen LogP contribution is 2.25. The third-order valence-electron chi connectivity index (χ3n) is 3.76. The predicted molar refractivity (Wildman–Crippen MR) is 102 cm³/mol. The van der Waals surface area contributed by atoms with E-state index in [9.17, 15) is 0 Å². The van der Waals surface area contributed by atoms with E-state index in [1.165, 1.54) is 0 Å². The highest BCUT2D eigenvalue weighted by Gasteiger charge is 2.11. The van der Waals surface area contributed by atoms with Crippen molar-refractivity contribution in [2.24, 2.45) is 4.99 Å². The molecular formula is C19H26N4O3. The number of aromatic nitrogens is 1. The second-order valence-electron chi connectivity index (χ2n) is 5.55. The van der Waals surface area contributed by atoms with Crippen molar-refractivity contribution in [2.45, 2.75) is 6.54 Å². The lowest BCUT2D eigenvalue weighted by Crippen LogP contribution is -2.40. The minimum atomic E-state index is 0.518. The van der Waals surface area contributed by atoms with E-state index in [1.807, 2.05) is 42.3 Å². The second-order valence-corrected chi connectivity index (χ2v) is 5.55. The van der Waals surface area contributed by atoms with Gasteiger partial charge in [0.25, 0.3) is 0 Å². The number of methoxy groups -OCH3 is 2. The third-order valence-corrected chi connectivity index (χ3v) is 3.76. The van der Waals surface area contributed by atoms with Crippen LogP contribution in [0.1, 0.15) is 5.56 Å². The Labute approximate surface area is 154 Å². The van der Waals surface area contributed by atoms with Crippen LogP contribution in [0.5, 0.6) is 17.2 Å². The van der Waals surface area contributed by atoms with Crippen molar-refractivity contribution < 1.29 is 14.2 Å². The molecule has 0 aliphatic rings. The monoisotopic (exact) mass is 358 g/mol. The largest absolute Gasteiger partial charge is 0.497 e. The molecular weight excluding hydrogens is 332 g/mol. The molecule has 0 atom stereocenters. The fraction of sp³-hybridized carbons (Fsp3) is 0.368. The molecule has 2 rings (SSSR count). The number of nitrogens with one attached hydrogen (secondary N) is 1.